The average molecular weight is 537 g/mol. The zero-order valence-electron chi connectivity index (χ0n) is 21.5. The molecule has 0 saturated carbocycles. The van der Waals surface area contributed by atoms with Crippen LogP contribution in [0.25, 0.3) is 11.1 Å². The molecule has 1 aliphatic rings. The van der Waals surface area contributed by atoms with Crippen molar-refractivity contribution in [3.05, 3.63) is 83.9 Å². The van der Waals surface area contributed by atoms with Crippen molar-refractivity contribution < 1.29 is 27.9 Å². The smallest absolute Gasteiger partial charge is 0.322 e. The van der Waals surface area contributed by atoms with Gasteiger partial charge in [0, 0.05) is 18.7 Å². The Bertz CT molecular complexity index is 1360. The monoisotopic (exact) mass is 536 g/mol. The molecule has 4 rings (SSSR count). The fourth-order valence-electron chi connectivity index (χ4n) is 4.29. The van der Waals surface area contributed by atoms with E-state index < -0.39 is 28.0 Å². The lowest BCUT2D eigenvalue weighted by molar-refractivity contribution is -0.140. The molecule has 1 heterocycles. The van der Waals surface area contributed by atoms with E-state index in [1.54, 1.807) is 38.1 Å². The molecular formula is C29H32N2O6S. The van der Waals surface area contributed by atoms with Crippen LogP contribution in [0.2, 0.25) is 0 Å². The first-order chi connectivity index (χ1) is 18.1. The molecule has 38 heavy (non-hydrogen) atoms. The molecule has 200 valence electrons. The van der Waals surface area contributed by atoms with Crippen molar-refractivity contribution in [3.63, 3.8) is 0 Å². The Balaban J connectivity index is 1.35. The van der Waals surface area contributed by atoms with Gasteiger partial charge < -0.3 is 14.7 Å². The molecule has 0 spiro atoms. The molecule has 1 fully saturated rings. The SMILES string of the molecule is CC(C)[C@@H](NS(=O)(=O)c1ccc(-c2ccc(COc3ccc(C(=O)N4CCCC4)cc3)cc2)cc1)C(=O)O. The molecule has 8 nitrogen and oxygen atoms in total. The highest BCUT2D eigenvalue weighted by Gasteiger charge is 2.28. The van der Waals surface area contributed by atoms with E-state index in [2.05, 4.69) is 4.72 Å². The summed E-state index contributed by atoms with van der Waals surface area (Å²) in [6, 6.07) is 20.0. The third kappa shape index (κ3) is 6.59. The number of amides is 1. The van der Waals surface area contributed by atoms with Gasteiger partial charge in [-0.15, -0.1) is 0 Å². The predicted molar refractivity (Wildman–Crippen MR) is 144 cm³/mol. The number of benzene rings is 3. The fraction of sp³-hybridized carbons (Fsp3) is 0.310. The summed E-state index contributed by atoms with van der Waals surface area (Å²) in [6.45, 7) is 5.29. The molecule has 3 aromatic carbocycles. The molecule has 0 unspecified atom stereocenters. The number of carboxylic acids is 1. The summed E-state index contributed by atoms with van der Waals surface area (Å²) in [4.78, 5) is 25.7. The Morgan fingerprint density at radius 2 is 1.45 bits per heavy atom. The van der Waals surface area contributed by atoms with E-state index in [0.717, 1.165) is 42.6 Å². The van der Waals surface area contributed by atoms with Gasteiger partial charge in [-0.25, -0.2) is 8.42 Å². The molecule has 2 N–H and O–H groups in total. The van der Waals surface area contributed by atoms with Crippen LogP contribution >= 0.6 is 0 Å². The summed E-state index contributed by atoms with van der Waals surface area (Å²) in [6.07, 6.45) is 2.12. The van der Waals surface area contributed by atoms with E-state index in [0.29, 0.717) is 17.9 Å². The number of likely N-dealkylation sites (tertiary alicyclic amines) is 1. The predicted octanol–water partition coefficient (Wildman–Crippen LogP) is 4.56. The van der Waals surface area contributed by atoms with E-state index in [1.807, 2.05) is 41.3 Å². The van der Waals surface area contributed by atoms with Crippen molar-refractivity contribution in [2.75, 3.05) is 13.1 Å². The first-order valence-corrected chi connectivity index (χ1v) is 14.1. The van der Waals surface area contributed by atoms with E-state index in [9.17, 15) is 23.1 Å². The zero-order valence-corrected chi connectivity index (χ0v) is 22.3. The maximum Gasteiger partial charge on any atom is 0.322 e. The van der Waals surface area contributed by atoms with E-state index in [4.69, 9.17) is 4.74 Å². The maximum absolute atomic E-state index is 12.6. The minimum Gasteiger partial charge on any atom is -0.489 e. The number of nitrogens with one attached hydrogen (secondary N) is 1. The van der Waals surface area contributed by atoms with Crippen LogP contribution in [0.3, 0.4) is 0 Å². The van der Waals surface area contributed by atoms with Crippen LogP contribution in [-0.2, 0) is 21.4 Å². The Hall–Kier alpha value is -3.69. The van der Waals surface area contributed by atoms with Gasteiger partial charge in [0.25, 0.3) is 5.91 Å². The van der Waals surface area contributed by atoms with Crippen molar-refractivity contribution in [1.29, 1.82) is 0 Å². The topological polar surface area (TPSA) is 113 Å². The van der Waals surface area contributed by atoms with Crippen molar-refractivity contribution in [1.82, 2.24) is 9.62 Å². The molecule has 0 aromatic heterocycles. The number of carboxylic acid groups (broad SMARTS) is 1. The molecule has 3 aromatic rings. The minimum atomic E-state index is -3.97. The van der Waals surface area contributed by atoms with Gasteiger partial charge in [-0.2, -0.15) is 4.72 Å². The number of rotatable bonds is 10. The third-order valence-electron chi connectivity index (χ3n) is 6.57. The summed E-state index contributed by atoms with van der Waals surface area (Å²) < 4.78 is 33.4. The van der Waals surface area contributed by atoms with Crippen molar-refractivity contribution >= 4 is 21.9 Å². The summed E-state index contributed by atoms with van der Waals surface area (Å²) in [5, 5.41) is 9.29. The van der Waals surface area contributed by atoms with Gasteiger partial charge in [0.1, 0.15) is 18.4 Å². The van der Waals surface area contributed by atoms with Crippen LogP contribution in [0.5, 0.6) is 5.75 Å². The number of ether oxygens (including phenoxy) is 1. The van der Waals surface area contributed by atoms with Crippen molar-refractivity contribution in [2.24, 2.45) is 5.92 Å². The van der Waals surface area contributed by atoms with Crippen LogP contribution in [-0.4, -0.2) is 49.4 Å². The number of nitrogens with zero attached hydrogens (tertiary/aromatic N) is 1. The highest BCUT2D eigenvalue weighted by atomic mass is 32.2. The number of carbonyl (C=O) groups is 2. The van der Waals surface area contributed by atoms with Gasteiger partial charge >= 0.3 is 5.97 Å². The van der Waals surface area contributed by atoms with E-state index in [-0.39, 0.29) is 10.8 Å². The molecule has 0 radical (unpaired) electrons. The van der Waals surface area contributed by atoms with Crippen LogP contribution in [0.1, 0.15) is 42.6 Å². The van der Waals surface area contributed by atoms with Crippen LogP contribution in [0, 0.1) is 5.92 Å². The van der Waals surface area contributed by atoms with Gasteiger partial charge in [0.05, 0.1) is 4.90 Å². The number of sulfonamides is 1. The normalized spacial score (nSPS) is 14.4. The Labute approximate surface area is 223 Å². The number of aliphatic carboxylic acids is 1. The van der Waals surface area contributed by atoms with Crippen LogP contribution < -0.4 is 9.46 Å². The second kappa shape index (κ2) is 11.8. The van der Waals surface area contributed by atoms with Gasteiger partial charge in [-0.1, -0.05) is 50.2 Å². The quantitative estimate of drug-likeness (QED) is 0.393. The molecule has 0 bridgehead atoms. The number of hydrogen-bond donors (Lipinski definition) is 2. The second-order valence-corrected chi connectivity index (χ2v) is 11.4. The van der Waals surface area contributed by atoms with Gasteiger partial charge in [-0.05, 0) is 71.8 Å². The van der Waals surface area contributed by atoms with Gasteiger partial charge in [0.15, 0.2) is 0 Å². The Kier molecular flexibility index (Phi) is 8.48. The summed E-state index contributed by atoms with van der Waals surface area (Å²) >= 11 is 0. The van der Waals surface area contributed by atoms with Gasteiger partial charge in [-0.3, -0.25) is 9.59 Å². The largest absolute Gasteiger partial charge is 0.489 e. The van der Waals surface area contributed by atoms with Gasteiger partial charge in [0.2, 0.25) is 10.0 Å². The Morgan fingerprint density at radius 3 is 1.97 bits per heavy atom. The fourth-order valence-corrected chi connectivity index (χ4v) is 5.63. The maximum atomic E-state index is 12.6. The average Bonchev–Trinajstić information content (AvgIpc) is 3.46. The molecule has 1 atom stereocenters. The second-order valence-electron chi connectivity index (χ2n) is 9.71. The Morgan fingerprint density at radius 1 is 0.895 bits per heavy atom. The minimum absolute atomic E-state index is 0.00585. The van der Waals surface area contributed by atoms with E-state index in [1.165, 1.54) is 12.1 Å². The van der Waals surface area contributed by atoms with Crippen molar-refractivity contribution in [2.45, 2.75) is 44.2 Å². The first-order valence-electron chi connectivity index (χ1n) is 12.6. The molecule has 1 amide bonds. The number of carbonyl (C=O) groups excluding carboxylic acids is 1. The zero-order chi connectivity index (χ0) is 27.3. The molecule has 0 aliphatic carbocycles. The highest BCUT2D eigenvalue weighted by molar-refractivity contribution is 7.89. The van der Waals surface area contributed by atoms with Crippen LogP contribution in [0.4, 0.5) is 0 Å². The standard InChI is InChI=1S/C29H32N2O6S/c1-20(2)27(29(33)34)30-38(35,36)26-15-11-23(12-16-26)22-7-5-21(6-8-22)19-37-25-13-9-24(10-14-25)28(32)31-17-3-4-18-31/h5-16,20,27,30H,3-4,17-19H2,1-2H3,(H,33,34)/t27-/m1/s1. The van der Waals surface area contributed by atoms with E-state index >= 15 is 0 Å². The number of hydrogen-bond acceptors (Lipinski definition) is 5. The highest BCUT2D eigenvalue weighted by Crippen LogP contribution is 2.23. The first kappa shape index (κ1) is 27.3. The third-order valence-corrected chi connectivity index (χ3v) is 8.02. The molecule has 9 heteroatoms. The summed E-state index contributed by atoms with van der Waals surface area (Å²) in [7, 11) is -3.97. The van der Waals surface area contributed by atoms with Crippen LogP contribution in [0.15, 0.2) is 77.7 Å². The molecule has 1 saturated heterocycles. The molecule has 1 aliphatic heterocycles. The summed E-state index contributed by atoms with van der Waals surface area (Å²) in [5.74, 6) is -0.868. The lowest BCUT2D eigenvalue weighted by Crippen LogP contribution is -2.44. The van der Waals surface area contributed by atoms with Crippen molar-refractivity contribution in [3.8, 4) is 16.9 Å². The summed E-state index contributed by atoms with van der Waals surface area (Å²) in [5.41, 5.74) is 3.36. The lowest BCUT2D eigenvalue weighted by atomic mass is 10.0. The lowest BCUT2D eigenvalue weighted by Gasteiger charge is -2.18. The molecular weight excluding hydrogens is 504 g/mol.